The zero-order valence-electron chi connectivity index (χ0n) is 10.7. The van der Waals surface area contributed by atoms with Gasteiger partial charge in [-0.3, -0.25) is 4.90 Å². The Kier molecular flexibility index (Phi) is 3.14. The van der Waals surface area contributed by atoms with E-state index in [2.05, 4.69) is 10.1 Å². The molecule has 1 aliphatic heterocycles. The first kappa shape index (κ1) is 12.4. The SMILES string of the molecule is N/C(=N/O)c1cccc(CN2CC3CCC2C3)c1F. The van der Waals surface area contributed by atoms with Crippen molar-refractivity contribution >= 4 is 5.84 Å². The van der Waals surface area contributed by atoms with Crippen molar-refractivity contribution < 1.29 is 9.60 Å². The lowest BCUT2D eigenvalue weighted by molar-refractivity contribution is 0.203. The van der Waals surface area contributed by atoms with Gasteiger partial charge in [-0.15, -0.1) is 0 Å². The molecule has 1 saturated carbocycles. The maximum Gasteiger partial charge on any atom is 0.173 e. The fraction of sp³-hybridized carbons (Fsp3) is 0.500. The fourth-order valence-corrected chi connectivity index (χ4v) is 3.39. The van der Waals surface area contributed by atoms with E-state index in [9.17, 15) is 4.39 Å². The minimum atomic E-state index is -0.374. The smallest absolute Gasteiger partial charge is 0.173 e. The lowest BCUT2D eigenvalue weighted by Gasteiger charge is -2.27. The van der Waals surface area contributed by atoms with Gasteiger partial charge in [0.05, 0.1) is 5.56 Å². The number of benzene rings is 1. The number of nitrogens with two attached hydrogens (primary N) is 1. The average Bonchev–Trinajstić information content (AvgIpc) is 3.02. The maximum atomic E-state index is 14.3. The second-order valence-electron chi connectivity index (χ2n) is 5.53. The summed E-state index contributed by atoms with van der Waals surface area (Å²) in [5.74, 6) is 0.239. The van der Waals surface area contributed by atoms with Crippen molar-refractivity contribution in [3.05, 3.63) is 35.1 Å². The number of rotatable bonds is 3. The fourth-order valence-electron chi connectivity index (χ4n) is 3.39. The number of hydrogen-bond donors (Lipinski definition) is 2. The number of fused-ring (bicyclic) bond motifs is 2. The van der Waals surface area contributed by atoms with E-state index in [0.717, 1.165) is 12.5 Å². The topological polar surface area (TPSA) is 61.9 Å². The van der Waals surface area contributed by atoms with Crippen LogP contribution in [0.1, 0.15) is 30.4 Å². The first-order chi connectivity index (χ1) is 9.19. The summed E-state index contributed by atoms with van der Waals surface area (Å²) in [4.78, 5) is 2.35. The van der Waals surface area contributed by atoms with Gasteiger partial charge in [-0.05, 0) is 31.2 Å². The van der Waals surface area contributed by atoms with E-state index in [0.29, 0.717) is 18.2 Å². The number of halogens is 1. The molecule has 2 aliphatic rings. The molecule has 19 heavy (non-hydrogen) atoms. The van der Waals surface area contributed by atoms with Gasteiger partial charge in [0.1, 0.15) is 5.82 Å². The quantitative estimate of drug-likeness (QED) is 0.379. The number of oxime groups is 1. The molecule has 3 N–H and O–H groups in total. The summed E-state index contributed by atoms with van der Waals surface area (Å²) in [6, 6.07) is 5.66. The highest BCUT2D eigenvalue weighted by Gasteiger charge is 2.37. The van der Waals surface area contributed by atoms with Crippen molar-refractivity contribution in [2.75, 3.05) is 6.54 Å². The van der Waals surface area contributed by atoms with Crippen LogP contribution in [0.5, 0.6) is 0 Å². The van der Waals surface area contributed by atoms with Crippen LogP contribution in [-0.2, 0) is 6.54 Å². The summed E-state index contributed by atoms with van der Waals surface area (Å²) in [6.07, 6.45) is 3.79. The van der Waals surface area contributed by atoms with Crippen LogP contribution in [-0.4, -0.2) is 28.5 Å². The van der Waals surface area contributed by atoms with E-state index in [4.69, 9.17) is 10.9 Å². The number of piperidine rings is 1. The molecule has 1 saturated heterocycles. The molecule has 5 heteroatoms. The largest absolute Gasteiger partial charge is 0.409 e. The van der Waals surface area contributed by atoms with Crippen molar-refractivity contribution in [3.8, 4) is 0 Å². The molecule has 4 nitrogen and oxygen atoms in total. The molecular formula is C14H18FN3O. The van der Waals surface area contributed by atoms with Crippen LogP contribution in [0.2, 0.25) is 0 Å². The highest BCUT2D eigenvalue weighted by molar-refractivity contribution is 5.97. The zero-order chi connectivity index (χ0) is 13.4. The lowest BCUT2D eigenvalue weighted by atomic mass is 10.1. The van der Waals surface area contributed by atoms with Crippen LogP contribution < -0.4 is 5.73 Å². The minimum Gasteiger partial charge on any atom is -0.409 e. The van der Waals surface area contributed by atoms with E-state index in [1.165, 1.54) is 25.3 Å². The molecule has 0 spiro atoms. The van der Waals surface area contributed by atoms with Gasteiger partial charge < -0.3 is 10.9 Å². The van der Waals surface area contributed by atoms with Gasteiger partial charge in [-0.25, -0.2) is 4.39 Å². The minimum absolute atomic E-state index is 0.171. The number of amidine groups is 1. The van der Waals surface area contributed by atoms with Gasteiger partial charge in [-0.2, -0.15) is 0 Å². The van der Waals surface area contributed by atoms with Gasteiger partial charge in [0.2, 0.25) is 0 Å². The van der Waals surface area contributed by atoms with Gasteiger partial charge >= 0.3 is 0 Å². The Morgan fingerprint density at radius 1 is 1.47 bits per heavy atom. The van der Waals surface area contributed by atoms with Crippen molar-refractivity contribution in [2.24, 2.45) is 16.8 Å². The molecule has 1 aromatic rings. The predicted octanol–water partition coefficient (Wildman–Crippen LogP) is 1.90. The second kappa shape index (κ2) is 4.81. The van der Waals surface area contributed by atoms with Crippen LogP contribution in [0.15, 0.2) is 23.4 Å². The standard InChI is InChI=1S/C14H18FN3O/c15-13-10(2-1-3-12(13)14(16)17-19)8-18-7-9-4-5-11(18)6-9/h1-3,9,11,19H,4-8H2,(H2,16,17). The number of hydrogen-bond acceptors (Lipinski definition) is 3. The first-order valence-corrected chi connectivity index (χ1v) is 6.68. The number of nitrogens with zero attached hydrogens (tertiary/aromatic N) is 2. The Hall–Kier alpha value is -1.62. The number of likely N-dealkylation sites (tertiary alicyclic amines) is 1. The van der Waals surface area contributed by atoms with Crippen LogP contribution in [0, 0.1) is 11.7 Å². The Balaban J connectivity index is 1.82. The zero-order valence-corrected chi connectivity index (χ0v) is 10.7. The second-order valence-corrected chi connectivity index (χ2v) is 5.53. The Labute approximate surface area is 111 Å². The monoisotopic (exact) mass is 263 g/mol. The van der Waals surface area contributed by atoms with Crippen LogP contribution in [0.3, 0.4) is 0 Å². The third kappa shape index (κ3) is 2.18. The van der Waals surface area contributed by atoms with Crippen molar-refractivity contribution in [3.63, 3.8) is 0 Å². The Morgan fingerprint density at radius 2 is 2.32 bits per heavy atom. The molecule has 0 aromatic heterocycles. The molecule has 2 atom stereocenters. The van der Waals surface area contributed by atoms with E-state index in [-0.39, 0.29) is 17.2 Å². The van der Waals surface area contributed by atoms with Gasteiger partial charge in [0, 0.05) is 24.7 Å². The first-order valence-electron chi connectivity index (χ1n) is 6.68. The van der Waals surface area contributed by atoms with E-state index in [1.807, 2.05) is 0 Å². The molecule has 1 aromatic carbocycles. The van der Waals surface area contributed by atoms with Gasteiger partial charge in [0.15, 0.2) is 5.84 Å². The van der Waals surface area contributed by atoms with Crippen molar-refractivity contribution in [1.82, 2.24) is 4.90 Å². The van der Waals surface area contributed by atoms with Crippen LogP contribution >= 0.6 is 0 Å². The molecule has 1 heterocycles. The Bertz CT molecular complexity index is 517. The highest BCUT2D eigenvalue weighted by atomic mass is 19.1. The molecule has 3 rings (SSSR count). The average molecular weight is 263 g/mol. The van der Waals surface area contributed by atoms with E-state index in [1.54, 1.807) is 12.1 Å². The molecule has 102 valence electrons. The molecule has 2 unspecified atom stereocenters. The van der Waals surface area contributed by atoms with Crippen molar-refractivity contribution in [1.29, 1.82) is 0 Å². The molecule has 2 bridgehead atoms. The molecule has 1 aliphatic carbocycles. The summed E-state index contributed by atoms with van der Waals surface area (Å²) in [5.41, 5.74) is 6.27. The summed E-state index contributed by atoms with van der Waals surface area (Å²) in [5, 5.41) is 11.5. The summed E-state index contributed by atoms with van der Waals surface area (Å²) < 4.78 is 14.3. The molecule has 2 fully saturated rings. The normalized spacial score (nSPS) is 27.1. The third-order valence-electron chi connectivity index (χ3n) is 4.36. The lowest BCUT2D eigenvalue weighted by Crippen LogP contribution is -2.32. The summed E-state index contributed by atoms with van der Waals surface area (Å²) >= 11 is 0. The maximum absolute atomic E-state index is 14.3. The van der Waals surface area contributed by atoms with Crippen molar-refractivity contribution in [2.45, 2.75) is 31.8 Å². The molecule has 0 radical (unpaired) electrons. The van der Waals surface area contributed by atoms with Crippen LogP contribution in [0.25, 0.3) is 0 Å². The van der Waals surface area contributed by atoms with Gasteiger partial charge in [0.25, 0.3) is 0 Å². The highest BCUT2D eigenvalue weighted by Crippen LogP contribution is 2.38. The van der Waals surface area contributed by atoms with Gasteiger partial charge in [-0.1, -0.05) is 17.3 Å². The summed E-state index contributed by atoms with van der Waals surface area (Å²) in [6.45, 7) is 1.68. The third-order valence-corrected chi connectivity index (χ3v) is 4.36. The summed E-state index contributed by atoms with van der Waals surface area (Å²) in [7, 11) is 0. The van der Waals surface area contributed by atoms with E-state index < -0.39 is 0 Å². The Morgan fingerprint density at radius 3 is 2.95 bits per heavy atom. The molecule has 0 amide bonds. The molecular weight excluding hydrogens is 245 g/mol. The predicted molar refractivity (Wildman–Crippen MR) is 70.4 cm³/mol. The van der Waals surface area contributed by atoms with Crippen LogP contribution in [0.4, 0.5) is 4.39 Å². The van der Waals surface area contributed by atoms with E-state index >= 15 is 0 Å².